The Balaban J connectivity index is 1.98. The van der Waals surface area contributed by atoms with Gasteiger partial charge in [0, 0.05) is 51.4 Å². The van der Waals surface area contributed by atoms with Gasteiger partial charge < -0.3 is 10.1 Å². The minimum atomic E-state index is 0.307. The maximum absolute atomic E-state index is 5.53. The number of ether oxygens (including phenoxy) is 1. The smallest absolute Gasteiger partial charge is 0.0590 e. The first-order valence-corrected chi connectivity index (χ1v) is 7.78. The predicted molar refractivity (Wildman–Crippen MR) is 81.7 cm³/mol. The van der Waals surface area contributed by atoms with Crippen molar-refractivity contribution in [3.05, 3.63) is 0 Å². The Kier molecular flexibility index (Phi) is 7.91. The third-order valence-corrected chi connectivity index (χ3v) is 4.07. The van der Waals surface area contributed by atoms with Gasteiger partial charge in [-0.15, -0.1) is 0 Å². The fraction of sp³-hybridized carbons (Fsp3) is 1.00. The van der Waals surface area contributed by atoms with E-state index in [0.717, 1.165) is 39.4 Å². The summed E-state index contributed by atoms with van der Waals surface area (Å²) in [5.41, 5.74) is 0.307. The summed E-state index contributed by atoms with van der Waals surface area (Å²) in [6, 6.07) is 0. The maximum atomic E-state index is 5.53. The number of nitrogens with one attached hydrogen (secondary N) is 1. The lowest BCUT2D eigenvalue weighted by atomic mass is 10.00. The minimum Gasteiger partial charge on any atom is -0.380 e. The molecule has 1 aliphatic rings. The SMILES string of the molecule is CCCCOCCNCCN1CCN(C)C(C)(C)C1. The van der Waals surface area contributed by atoms with Crippen LogP contribution in [0.25, 0.3) is 0 Å². The van der Waals surface area contributed by atoms with Crippen LogP contribution in [0.2, 0.25) is 0 Å². The van der Waals surface area contributed by atoms with E-state index in [2.05, 4.69) is 42.9 Å². The van der Waals surface area contributed by atoms with Crippen LogP contribution in [0.15, 0.2) is 0 Å². The second-order valence-corrected chi connectivity index (χ2v) is 6.23. The zero-order valence-electron chi connectivity index (χ0n) is 13.4. The van der Waals surface area contributed by atoms with Crippen molar-refractivity contribution < 1.29 is 4.74 Å². The molecule has 0 aromatic carbocycles. The topological polar surface area (TPSA) is 27.7 Å². The molecule has 0 atom stereocenters. The maximum Gasteiger partial charge on any atom is 0.0590 e. The van der Waals surface area contributed by atoms with Crippen LogP contribution in [-0.2, 0) is 4.74 Å². The molecule has 0 aliphatic carbocycles. The van der Waals surface area contributed by atoms with Crippen molar-refractivity contribution in [3.63, 3.8) is 0 Å². The van der Waals surface area contributed by atoms with Gasteiger partial charge in [0.05, 0.1) is 6.61 Å². The second-order valence-electron chi connectivity index (χ2n) is 6.23. The first kappa shape index (κ1) is 16.9. The number of likely N-dealkylation sites (N-methyl/N-ethyl adjacent to an activating group) is 1. The number of rotatable bonds is 9. The van der Waals surface area contributed by atoms with E-state index in [1.807, 2.05) is 0 Å². The molecule has 1 heterocycles. The first-order valence-electron chi connectivity index (χ1n) is 7.78. The average Bonchev–Trinajstić information content (AvgIpc) is 2.36. The summed E-state index contributed by atoms with van der Waals surface area (Å²) in [7, 11) is 2.23. The first-order chi connectivity index (χ1) is 9.06. The molecule has 0 spiro atoms. The van der Waals surface area contributed by atoms with Gasteiger partial charge in [0.2, 0.25) is 0 Å². The van der Waals surface area contributed by atoms with Gasteiger partial charge in [-0.25, -0.2) is 0 Å². The van der Waals surface area contributed by atoms with E-state index < -0.39 is 0 Å². The Bertz CT molecular complexity index is 233. The molecule has 0 bridgehead atoms. The monoisotopic (exact) mass is 271 g/mol. The summed E-state index contributed by atoms with van der Waals surface area (Å²) in [6.07, 6.45) is 2.39. The zero-order valence-corrected chi connectivity index (χ0v) is 13.4. The molecule has 1 N–H and O–H groups in total. The van der Waals surface area contributed by atoms with E-state index in [0.29, 0.717) is 5.54 Å². The van der Waals surface area contributed by atoms with Crippen LogP contribution in [0.4, 0.5) is 0 Å². The molecule has 1 rings (SSSR count). The number of hydrogen-bond acceptors (Lipinski definition) is 4. The molecular weight excluding hydrogens is 238 g/mol. The van der Waals surface area contributed by atoms with Crippen molar-refractivity contribution in [1.29, 1.82) is 0 Å². The molecule has 0 aromatic rings. The predicted octanol–water partition coefficient (Wildman–Crippen LogP) is 1.42. The van der Waals surface area contributed by atoms with E-state index >= 15 is 0 Å². The Hall–Kier alpha value is -0.160. The van der Waals surface area contributed by atoms with Gasteiger partial charge in [-0.05, 0) is 27.3 Å². The van der Waals surface area contributed by atoms with Crippen molar-refractivity contribution in [1.82, 2.24) is 15.1 Å². The van der Waals surface area contributed by atoms with Gasteiger partial charge >= 0.3 is 0 Å². The summed E-state index contributed by atoms with van der Waals surface area (Å²) < 4.78 is 5.53. The molecule has 19 heavy (non-hydrogen) atoms. The highest BCUT2D eigenvalue weighted by Gasteiger charge is 2.30. The third-order valence-electron chi connectivity index (χ3n) is 4.07. The summed E-state index contributed by atoms with van der Waals surface area (Å²) in [5.74, 6) is 0. The van der Waals surface area contributed by atoms with Crippen LogP contribution in [0, 0.1) is 0 Å². The van der Waals surface area contributed by atoms with Crippen LogP contribution in [0.5, 0.6) is 0 Å². The lowest BCUT2D eigenvalue weighted by Gasteiger charge is -2.45. The van der Waals surface area contributed by atoms with Crippen LogP contribution < -0.4 is 5.32 Å². The Morgan fingerprint density at radius 2 is 1.95 bits per heavy atom. The molecule has 0 unspecified atom stereocenters. The number of hydrogen-bond donors (Lipinski definition) is 1. The molecule has 4 nitrogen and oxygen atoms in total. The van der Waals surface area contributed by atoms with E-state index in [9.17, 15) is 0 Å². The Morgan fingerprint density at radius 1 is 1.16 bits per heavy atom. The molecule has 0 radical (unpaired) electrons. The van der Waals surface area contributed by atoms with Crippen molar-refractivity contribution in [2.45, 2.75) is 39.2 Å². The van der Waals surface area contributed by atoms with Crippen molar-refractivity contribution in [3.8, 4) is 0 Å². The largest absolute Gasteiger partial charge is 0.380 e. The van der Waals surface area contributed by atoms with Crippen molar-refractivity contribution >= 4 is 0 Å². The standard InChI is InChI=1S/C15H33N3O/c1-5-6-12-19-13-8-16-7-9-18-11-10-17(4)15(2,3)14-18/h16H,5-14H2,1-4H3. The molecule has 1 fully saturated rings. The normalized spacial score (nSPS) is 20.8. The summed E-state index contributed by atoms with van der Waals surface area (Å²) >= 11 is 0. The highest BCUT2D eigenvalue weighted by atomic mass is 16.5. The lowest BCUT2D eigenvalue weighted by molar-refractivity contribution is 0.0403. The van der Waals surface area contributed by atoms with Gasteiger partial charge in [0.1, 0.15) is 0 Å². The minimum absolute atomic E-state index is 0.307. The summed E-state index contributed by atoms with van der Waals surface area (Å²) in [5, 5.41) is 3.47. The van der Waals surface area contributed by atoms with E-state index in [4.69, 9.17) is 4.74 Å². The highest BCUT2D eigenvalue weighted by molar-refractivity contribution is 4.88. The van der Waals surface area contributed by atoms with Crippen LogP contribution >= 0.6 is 0 Å². The molecule has 0 amide bonds. The van der Waals surface area contributed by atoms with Gasteiger partial charge in [-0.1, -0.05) is 13.3 Å². The third kappa shape index (κ3) is 6.70. The second kappa shape index (κ2) is 8.90. The molecule has 0 saturated carbocycles. The van der Waals surface area contributed by atoms with E-state index in [1.165, 1.54) is 25.9 Å². The molecule has 4 heteroatoms. The van der Waals surface area contributed by atoms with Crippen LogP contribution in [0.1, 0.15) is 33.6 Å². The fourth-order valence-electron chi connectivity index (χ4n) is 2.39. The summed E-state index contributed by atoms with van der Waals surface area (Å²) in [6.45, 7) is 15.3. The molecule has 114 valence electrons. The van der Waals surface area contributed by atoms with Gasteiger partial charge in [-0.3, -0.25) is 9.80 Å². The fourth-order valence-corrected chi connectivity index (χ4v) is 2.39. The quantitative estimate of drug-likeness (QED) is 0.642. The Morgan fingerprint density at radius 3 is 2.63 bits per heavy atom. The van der Waals surface area contributed by atoms with Crippen molar-refractivity contribution in [2.75, 3.05) is 59.5 Å². The van der Waals surface area contributed by atoms with Gasteiger partial charge in [0.25, 0.3) is 0 Å². The lowest BCUT2D eigenvalue weighted by Crippen LogP contribution is -2.58. The highest BCUT2D eigenvalue weighted by Crippen LogP contribution is 2.18. The van der Waals surface area contributed by atoms with E-state index in [-0.39, 0.29) is 0 Å². The van der Waals surface area contributed by atoms with Crippen LogP contribution in [-0.4, -0.2) is 74.9 Å². The number of nitrogens with zero attached hydrogens (tertiary/aromatic N) is 2. The average molecular weight is 271 g/mol. The summed E-state index contributed by atoms with van der Waals surface area (Å²) in [4.78, 5) is 5.02. The molecular formula is C15H33N3O. The van der Waals surface area contributed by atoms with Crippen molar-refractivity contribution in [2.24, 2.45) is 0 Å². The number of unbranched alkanes of at least 4 members (excludes halogenated alkanes) is 1. The van der Waals surface area contributed by atoms with Gasteiger partial charge in [-0.2, -0.15) is 0 Å². The Labute approximate surface area is 119 Å². The van der Waals surface area contributed by atoms with Crippen LogP contribution in [0.3, 0.4) is 0 Å². The zero-order chi connectivity index (χ0) is 14.1. The molecule has 0 aromatic heterocycles. The number of piperazine rings is 1. The molecule has 1 aliphatic heterocycles. The van der Waals surface area contributed by atoms with E-state index in [1.54, 1.807) is 0 Å². The van der Waals surface area contributed by atoms with Gasteiger partial charge in [0.15, 0.2) is 0 Å². The molecule has 1 saturated heterocycles.